The van der Waals surface area contributed by atoms with Gasteiger partial charge in [0.1, 0.15) is 5.82 Å². The molecule has 0 aliphatic heterocycles. The summed E-state index contributed by atoms with van der Waals surface area (Å²) in [5.74, 6) is 0.515. The lowest BCUT2D eigenvalue weighted by Gasteiger charge is -2.21. The van der Waals surface area contributed by atoms with Gasteiger partial charge in [0.25, 0.3) is 5.91 Å². The second kappa shape index (κ2) is 7.87. The Morgan fingerprint density at radius 3 is 2.50 bits per heavy atom. The summed E-state index contributed by atoms with van der Waals surface area (Å²) >= 11 is 0. The molecule has 0 aliphatic rings. The molecule has 0 saturated carbocycles. The summed E-state index contributed by atoms with van der Waals surface area (Å²) in [5, 5.41) is 3.10. The first-order chi connectivity index (χ1) is 12.6. The molecule has 2 aromatic heterocycles. The zero-order valence-corrected chi connectivity index (χ0v) is 15.2. The fraction of sp³-hybridized carbons (Fsp3) is 0.238. The van der Waals surface area contributed by atoms with Crippen molar-refractivity contribution in [2.45, 2.75) is 33.2 Å². The minimum Gasteiger partial charge on any atom is -0.341 e. The van der Waals surface area contributed by atoms with Crippen molar-refractivity contribution in [3.05, 3.63) is 88.8 Å². The van der Waals surface area contributed by atoms with Crippen molar-refractivity contribution >= 4 is 5.91 Å². The highest BCUT2D eigenvalue weighted by atomic mass is 16.1. The Labute approximate surface area is 153 Å². The molecule has 1 unspecified atom stereocenters. The molecule has 132 valence electrons. The number of hydrogen-bond acceptors (Lipinski definition) is 4. The third-order valence-corrected chi connectivity index (χ3v) is 4.31. The van der Waals surface area contributed by atoms with Gasteiger partial charge in [0.2, 0.25) is 0 Å². The van der Waals surface area contributed by atoms with Crippen LogP contribution in [0.4, 0.5) is 0 Å². The van der Waals surface area contributed by atoms with E-state index in [1.54, 1.807) is 24.8 Å². The molecule has 3 aromatic rings. The van der Waals surface area contributed by atoms with E-state index in [0.717, 1.165) is 28.9 Å². The molecule has 0 radical (unpaired) electrons. The fourth-order valence-electron chi connectivity index (χ4n) is 2.91. The molecule has 0 aliphatic carbocycles. The van der Waals surface area contributed by atoms with Gasteiger partial charge >= 0.3 is 0 Å². The topological polar surface area (TPSA) is 67.8 Å². The van der Waals surface area contributed by atoms with E-state index in [4.69, 9.17) is 0 Å². The second-order valence-corrected chi connectivity index (χ2v) is 6.29. The Kier molecular flexibility index (Phi) is 5.37. The van der Waals surface area contributed by atoms with Crippen molar-refractivity contribution in [1.29, 1.82) is 0 Å². The summed E-state index contributed by atoms with van der Waals surface area (Å²) in [4.78, 5) is 25.4. The van der Waals surface area contributed by atoms with Crippen LogP contribution in [0.3, 0.4) is 0 Å². The minimum atomic E-state index is -0.289. The number of nitrogens with zero attached hydrogens (tertiary/aromatic N) is 3. The monoisotopic (exact) mass is 346 g/mol. The highest BCUT2D eigenvalue weighted by molar-refractivity contribution is 5.94. The van der Waals surface area contributed by atoms with Gasteiger partial charge in [0.05, 0.1) is 11.6 Å². The summed E-state index contributed by atoms with van der Waals surface area (Å²) in [5.41, 5.74) is 4.73. The number of hydrogen-bond donors (Lipinski definition) is 1. The molecular weight excluding hydrogens is 324 g/mol. The van der Waals surface area contributed by atoms with Crippen LogP contribution in [0.5, 0.6) is 0 Å². The van der Waals surface area contributed by atoms with Gasteiger partial charge in [-0.3, -0.25) is 9.78 Å². The molecule has 0 bridgehead atoms. The molecule has 26 heavy (non-hydrogen) atoms. The maximum absolute atomic E-state index is 12.8. The van der Waals surface area contributed by atoms with E-state index in [2.05, 4.69) is 52.3 Å². The third kappa shape index (κ3) is 3.94. The molecule has 2 heterocycles. The predicted octanol–water partition coefficient (Wildman–Crippen LogP) is 3.57. The van der Waals surface area contributed by atoms with Gasteiger partial charge in [0, 0.05) is 31.2 Å². The number of benzene rings is 1. The van der Waals surface area contributed by atoms with Crippen LogP contribution in [0.15, 0.2) is 55.1 Å². The molecule has 0 saturated heterocycles. The Morgan fingerprint density at radius 2 is 1.88 bits per heavy atom. The average molecular weight is 346 g/mol. The van der Waals surface area contributed by atoms with E-state index < -0.39 is 0 Å². The first-order valence-electron chi connectivity index (χ1n) is 8.67. The Morgan fingerprint density at radius 1 is 1.12 bits per heavy atom. The highest BCUT2D eigenvalue weighted by Gasteiger charge is 2.20. The van der Waals surface area contributed by atoms with E-state index in [1.165, 1.54) is 5.56 Å². The van der Waals surface area contributed by atoms with Crippen molar-refractivity contribution in [2.24, 2.45) is 0 Å². The summed E-state index contributed by atoms with van der Waals surface area (Å²) in [6, 6.07) is 9.77. The lowest BCUT2D eigenvalue weighted by molar-refractivity contribution is 0.0942. The third-order valence-electron chi connectivity index (χ3n) is 4.31. The quantitative estimate of drug-likeness (QED) is 0.767. The Balaban J connectivity index is 1.94. The van der Waals surface area contributed by atoms with Crippen LogP contribution in [-0.2, 0) is 6.42 Å². The van der Waals surface area contributed by atoms with Gasteiger partial charge in [-0.1, -0.05) is 36.8 Å². The SMILES string of the molecule is CCc1ncc(C(=O)NC(c2cccnc2)c2ccc(C)cc2C)cn1. The standard InChI is InChI=1S/C21H22N4O/c1-4-19-23-12-17(13-24-19)21(26)25-20(16-6-5-9-22-11-16)18-8-7-14(2)10-15(18)3/h5-13,20H,4H2,1-3H3,(H,25,26). The van der Waals surface area contributed by atoms with Crippen molar-refractivity contribution in [3.63, 3.8) is 0 Å². The number of aryl methyl sites for hydroxylation is 3. The summed E-state index contributed by atoms with van der Waals surface area (Å²) in [7, 11) is 0. The zero-order valence-electron chi connectivity index (χ0n) is 15.2. The van der Waals surface area contributed by atoms with Crippen LogP contribution in [0, 0.1) is 13.8 Å². The number of pyridine rings is 1. The van der Waals surface area contributed by atoms with Crippen molar-refractivity contribution in [2.75, 3.05) is 0 Å². The van der Waals surface area contributed by atoms with Crippen LogP contribution in [0.1, 0.15) is 51.4 Å². The summed E-state index contributed by atoms with van der Waals surface area (Å²) in [6.45, 7) is 6.09. The molecule has 5 heteroatoms. The minimum absolute atomic E-state index is 0.207. The molecule has 1 amide bonds. The maximum atomic E-state index is 12.8. The second-order valence-electron chi connectivity index (χ2n) is 6.29. The lowest BCUT2D eigenvalue weighted by Crippen LogP contribution is -2.30. The van der Waals surface area contributed by atoms with Crippen LogP contribution in [0.2, 0.25) is 0 Å². The molecule has 1 aromatic carbocycles. The predicted molar refractivity (Wildman–Crippen MR) is 101 cm³/mol. The number of rotatable bonds is 5. The van der Waals surface area contributed by atoms with Gasteiger partial charge in [-0.05, 0) is 36.6 Å². The summed E-state index contributed by atoms with van der Waals surface area (Å²) < 4.78 is 0. The largest absolute Gasteiger partial charge is 0.341 e. The van der Waals surface area contributed by atoms with Crippen molar-refractivity contribution < 1.29 is 4.79 Å². The van der Waals surface area contributed by atoms with Gasteiger partial charge < -0.3 is 5.32 Å². The van der Waals surface area contributed by atoms with Crippen LogP contribution in [0.25, 0.3) is 0 Å². The molecule has 1 N–H and O–H groups in total. The van der Waals surface area contributed by atoms with Gasteiger partial charge in [0.15, 0.2) is 0 Å². The molecule has 5 nitrogen and oxygen atoms in total. The normalized spacial score (nSPS) is 11.8. The smallest absolute Gasteiger partial charge is 0.255 e. The molecule has 0 fully saturated rings. The van der Waals surface area contributed by atoms with E-state index in [9.17, 15) is 4.79 Å². The van der Waals surface area contributed by atoms with Gasteiger partial charge in [-0.15, -0.1) is 0 Å². The Hall–Kier alpha value is -3.08. The highest BCUT2D eigenvalue weighted by Crippen LogP contribution is 2.25. The van der Waals surface area contributed by atoms with E-state index in [-0.39, 0.29) is 11.9 Å². The molecular formula is C21H22N4O. The first-order valence-corrected chi connectivity index (χ1v) is 8.67. The van der Waals surface area contributed by atoms with E-state index in [0.29, 0.717) is 5.56 Å². The Bertz CT molecular complexity index is 892. The van der Waals surface area contributed by atoms with Crippen LogP contribution in [-0.4, -0.2) is 20.9 Å². The average Bonchev–Trinajstić information content (AvgIpc) is 2.67. The molecule has 0 spiro atoms. The maximum Gasteiger partial charge on any atom is 0.255 e. The molecule has 3 rings (SSSR count). The van der Waals surface area contributed by atoms with Crippen molar-refractivity contribution in [1.82, 2.24) is 20.3 Å². The van der Waals surface area contributed by atoms with Crippen LogP contribution >= 0.6 is 0 Å². The number of nitrogens with one attached hydrogen (secondary N) is 1. The first kappa shape index (κ1) is 17.7. The van der Waals surface area contributed by atoms with Crippen LogP contribution < -0.4 is 5.32 Å². The number of amides is 1. The number of carbonyl (C=O) groups is 1. The number of aromatic nitrogens is 3. The van der Waals surface area contributed by atoms with E-state index in [1.807, 2.05) is 19.1 Å². The fourth-order valence-corrected chi connectivity index (χ4v) is 2.91. The lowest BCUT2D eigenvalue weighted by atomic mass is 9.94. The van der Waals surface area contributed by atoms with Gasteiger partial charge in [-0.2, -0.15) is 0 Å². The molecule has 1 atom stereocenters. The van der Waals surface area contributed by atoms with E-state index >= 15 is 0 Å². The summed E-state index contributed by atoms with van der Waals surface area (Å²) in [6.07, 6.45) is 7.39. The zero-order chi connectivity index (χ0) is 18.5. The van der Waals surface area contributed by atoms with Crippen molar-refractivity contribution in [3.8, 4) is 0 Å². The van der Waals surface area contributed by atoms with Gasteiger partial charge in [-0.25, -0.2) is 9.97 Å². The number of carbonyl (C=O) groups excluding carboxylic acids is 1.